The molecule has 8 heteroatoms. The number of halogens is 6. The molecule has 1 aromatic carbocycles. The van der Waals surface area contributed by atoms with Crippen LogP contribution < -0.4 is 4.74 Å². The Morgan fingerprint density at radius 3 is 1.53 bits per heavy atom. The first-order chi connectivity index (χ1) is 6.86. The van der Waals surface area contributed by atoms with Gasteiger partial charge in [-0.25, -0.2) is 13.2 Å². The van der Waals surface area contributed by atoms with Crippen LogP contribution in [0.2, 0.25) is 0 Å². The lowest BCUT2D eigenvalue weighted by Gasteiger charge is -2.06. The highest BCUT2D eigenvalue weighted by Gasteiger charge is 2.27. The summed E-state index contributed by atoms with van der Waals surface area (Å²) in [6.45, 7) is 0. The van der Waals surface area contributed by atoms with Gasteiger partial charge >= 0.3 is 0 Å². The zero-order chi connectivity index (χ0) is 11.7. The van der Waals surface area contributed by atoms with Crippen LogP contribution in [0.3, 0.4) is 0 Å². The number of benzene rings is 1. The monoisotopic (exact) mass is 262 g/mol. The Morgan fingerprint density at radius 1 is 0.867 bits per heavy atom. The van der Waals surface area contributed by atoms with Crippen molar-refractivity contribution in [3.05, 3.63) is 29.1 Å². The third-order valence-electron chi connectivity index (χ3n) is 1.35. The molecule has 15 heavy (non-hydrogen) atoms. The number of hydrogen-bond acceptors (Lipinski definition) is 2. The summed E-state index contributed by atoms with van der Waals surface area (Å²) in [5, 5.41) is 0. The number of rotatable bonds is 1. The molecule has 1 aromatic rings. The lowest BCUT2D eigenvalue weighted by molar-refractivity contribution is 0.348. The fourth-order valence-electron chi connectivity index (χ4n) is 0.755. The van der Waals surface area contributed by atoms with Gasteiger partial charge in [0.15, 0.2) is 0 Å². The molecular formula is C7ClF5OS. The minimum absolute atomic E-state index is 0.891. The van der Waals surface area contributed by atoms with Gasteiger partial charge in [-0.05, 0) is 23.8 Å². The van der Waals surface area contributed by atoms with Crippen molar-refractivity contribution in [2.24, 2.45) is 0 Å². The van der Waals surface area contributed by atoms with Gasteiger partial charge in [-0.3, -0.25) is 0 Å². The largest absolute Gasteiger partial charge is 0.429 e. The third kappa shape index (κ3) is 2.18. The summed E-state index contributed by atoms with van der Waals surface area (Å²) in [7, 11) is 0. The maximum Gasteiger partial charge on any atom is 0.261 e. The van der Waals surface area contributed by atoms with E-state index in [1.165, 1.54) is 0 Å². The van der Waals surface area contributed by atoms with E-state index in [1.807, 2.05) is 0 Å². The molecule has 0 N–H and O–H groups in total. The van der Waals surface area contributed by atoms with Gasteiger partial charge in [0.1, 0.15) is 0 Å². The Kier molecular flexibility index (Phi) is 3.46. The molecule has 0 heterocycles. The molecule has 0 unspecified atom stereocenters. The Bertz CT molecular complexity index is 407. The Labute approximate surface area is 90.4 Å². The minimum Gasteiger partial charge on any atom is -0.429 e. The molecule has 0 aliphatic rings. The molecule has 0 bridgehead atoms. The summed E-state index contributed by atoms with van der Waals surface area (Å²) in [5.41, 5.74) is 0. The molecule has 0 aliphatic carbocycles. The quantitative estimate of drug-likeness (QED) is 0.253. The summed E-state index contributed by atoms with van der Waals surface area (Å²) in [6, 6.07) is 0. The fourth-order valence-corrected chi connectivity index (χ4v) is 0.915. The molecule has 0 spiro atoms. The summed E-state index contributed by atoms with van der Waals surface area (Å²) in [4.78, 5) is 0. The van der Waals surface area contributed by atoms with Crippen molar-refractivity contribution in [3.8, 4) is 5.75 Å². The van der Waals surface area contributed by atoms with Crippen molar-refractivity contribution in [2.75, 3.05) is 0 Å². The molecule has 0 fully saturated rings. The van der Waals surface area contributed by atoms with E-state index in [9.17, 15) is 22.0 Å². The summed E-state index contributed by atoms with van der Waals surface area (Å²) in [6.07, 6.45) is 0. The minimum atomic E-state index is -2.28. The van der Waals surface area contributed by atoms with Gasteiger partial charge in [0, 0.05) is 0 Å². The van der Waals surface area contributed by atoms with Crippen LogP contribution in [0.15, 0.2) is 0 Å². The summed E-state index contributed by atoms with van der Waals surface area (Å²) >= 11 is 9.03. The second kappa shape index (κ2) is 4.28. The second-order valence-electron chi connectivity index (χ2n) is 2.24. The molecule has 0 saturated heterocycles. The first kappa shape index (κ1) is 12.1. The third-order valence-corrected chi connectivity index (χ3v) is 1.51. The molecule has 0 aromatic heterocycles. The standard InChI is InChI=1S/C7ClF5OS/c8-7(15)14-6-4(12)2(10)1(9)3(11)5(6)13. The van der Waals surface area contributed by atoms with Crippen LogP contribution in [-0.4, -0.2) is 4.51 Å². The maximum atomic E-state index is 12.8. The Morgan fingerprint density at radius 2 is 1.20 bits per heavy atom. The smallest absolute Gasteiger partial charge is 0.261 e. The highest BCUT2D eigenvalue weighted by molar-refractivity contribution is 7.82. The zero-order valence-electron chi connectivity index (χ0n) is 6.58. The van der Waals surface area contributed by atoms with E-state index in [4.69, 9.17) is 11.6 Å². The van der Waals surface area contributed by atoms with Gasteiger partial charge in [0.25, 0.3) is 4.51 Å². The van der Waals surface area contributed by atoms with Crippen LogP contribution in [0.5, 0.6) is 5.75 Å². The molecule has 1 rings (SSSR count). The van der Waals surface area contributed by atoms with E-state index in [1.54, 1.807) is 0 Å². The van der Waals surface area contributed by atoms with Crippen LogP contribution >= 0.6 is 23.8 Å². The molecular weight excluding hydrogens is 263 g/mol. The van der Waals surface area contributed by atoms with Crippen LogP contribution in [0.25, 0.3) is 0 Å². The van der Waals surface area contributed by atoms with Crippen molar-refractivity contribution >= 4 is 28.3 Å². The van der Waals surface area contributed by atoms with Crippen LogP contribution in [0, 0.1) is 29.1 Å². The highest BCUT2D eigenvalue weighted by Crippen LogP contribution is 2.29. The Hall–Kier alpha value is -0.950. The summed E-state index contributed by atoms with van der Waals surface area (Å²) in [5.74, 6) is -12.3. The normalized spacial score (nSPS) is 10.3. The Balaban J connectivity index is 3.45. The average molecular weight is 263 g/mol. The van der Waals surface area contributed by atoms with Gasteiger partial charge in [-0.15, -0.1) is 0 Å². The zero-order valence-corrected chi connectivity index (χ0v) is 8.16. The van der Waals surface area contributed by atoms with Gasteiger partial charge in [-0.1, -0.05) is 0 Å². The molecule has 82 valence electrons. The van der Waals surface area contributed by atoms with E-state index in [0.29, 0.717) is 0 Å². The lowest BCUT2D eigenvalue weighted by atomic mass is 10.3. The number of ether oxygens (including phenoxy) is 1. The topological polar surface area (TPSA) is 9.23 Å². The van der Waals surface area contributed by atoms with Crippen molar-refractivity contribution < 1.29 is 26.7 Å². The van der Waals surface area contributed by atoms with E-state index in [-0.39, 0.29) is 0 Å². The predicted octanol–water partition coefficient (Wildman–Crippen LogP) is 3.28. The maximum absolute atomic E-state index is 12.8. The predicted molar refractivity (Wildman–Crippen MR) is 45.3 cm³/mol. The first-order valence-corrected chi connectivity index (χ1v) is 4.03. The van der Waals surface area contributed by atoms with Crippen LogP contribution in [0.1, 0.15) is 0 Å². The molecule has 1 nitrogen and oxygen atoms in total. The van der Waals surface area contributed by atoms with Gasteiger partial charge < -0.3 is 4.74 Å². The molecule has 0 aliphatic heterocycles. The number of thiocarbonyl (C=S) groups is 1. The van der Waals surface area contributed by atoms with Crippen molar-refractivity contribution in [1.29, 1.82) is 0 Å². The van der Waals surface area contributed by atoms with E-state index < -0.39 is 39.3 Å². The van der Waals surface area contributed by atoms with Gasteiger partial charge in [0.2, 0.25) is 34.8 Å². The van der Waals surface area contributed by atoms with E-state index in [2.05, 4.69) is 17.0 Å². The SMILES string of the molecule is Fc1c(F)c(F)c(OC(=S)Cl)c(F)c1F. The van der Waals surface area contributed by atoms with Gasteiger partial charge in [-0.2, -0.15) is 8.78 Å². The first-order valence-electron chi connectivity index (χ1n) is 3.25. The summed E-state index contributed by atoms with van der Waals surface area (Å²) < 4.78 is 66.2. The van der Waals surface area contributed by atoms with Crippen molar-refractivity contribution in [3.63, 3.8) is 0 Å². The van der Waals surface area contributed by atoms with Crippen molar-refractivity contribution in [1.82, 2.24) is 0 Å². The van der Waals surface area contributed by atoms with Crippen molar-refractivity contribution in [2.45, 2.75) is 0 Å². The molecule has 0 radical (unpaired) electrons. The highest BCUT2D eigenvalue weighted by atomic mass is 35.5. The number of hydrogen-bond donors (Lipinski definition) is 0. The lowest BCUT2D eigenvalue weighted by Crippen LogP contribution is -2.07. The average Bonchev–Trinajstić information content (AvgIpc) is 2.18. The second-order valence-corrected chi connectivity index (χ2v) is 3.18. The van der Waals surface area contributed by atoms with E-state index >= 15 is 0 Å². The van der Waals surface area contributed by atoms with Crippen LogP contribution in [0.4, 0.5) is 22.0 Å². The van der Waals surface area contributed by atoms with E-state index in [0.717, 1.165) is 0 Å². The molecule has 0 atom stereocenters. The molecule has 0 saturated carbocycles. The van der Waals surface area contributed by atoms with Gasteiger partial charge in [0.05, 0.1) is 0 Å². The van der Waals surface area contributed by atoms with Crippen LogP contribution in [-0.2, 0) is 0 Å². The fraction of sp³-hybridized carbons (Fsp3) is 0. The molecule has 0 amide bonds.